The minimum absolute atomic E-state index is 0.223. The molecule has 0 aromatic rings. The molecule has 0 aliphatic rings. The van der Waals surface area contributed by atoms with Gasteiger partial charge in [0.15, 0.2) is 0 Å². The maximum Gasteiger partial charge on any atom is 0.312 e. The Morgan fingerprint density at radius 1 is 1.50 bits per heavy atom. The summed E-state index contributed by atoms with van der Waals surface area (Å²) in [6.07, 6.45) is 0. The molecular weight excluding hydrogens is 178 g/mol. The van der Waals surface area contributed by atoms with Crippen LogP contribution in [0.25, 0.3) is 0 Å². The lowest BCUT2D eigenvalue weighted by Crippen LogP contribution is -2.32. The summed E-state index contributed by atoms with van der Waals surface area (Å²) in [5.74, 6) is 0.284. The lowest BCUT2D eigenvalue weighted by molar-refractivity contribution is -0.117. The number of hydrogen-bond acceptors (Lipinski definition) is 3. The van der Waals surface area contributed by atoms with E-state index in [0.717, 1.165) is 0 Å². The van der Waals surface area contributed by atoms with E-state index in [1.54, 1.807) is 6.92 Å². The smallest absolute Gasteiger partial charge is 0.312 e. The maximum absolute atomic E-state index is 10.5. The molecule has 0 saturated heterocycles. The van der Waals surface area contributed by atoms with Gasteiger partial charge in [0.1, 0.15) is 0 Å². The molecule has 0 heterocycles. The van der Waals surface area contributed by atoms with Crippen LogP contribution in [0, 0.1) is 0 Å². The second-order valence-corrected chi connectivity index (χ2v) is 3.66. The molecule has 0 fully saturated rings. The van der Waals surface area contributed by atoms with Crippen LogP contribution in [0.1, 0.15) is 6.92 Å². The Bertz CT molecular complexity index is 174. The fourth-order valence-corrected chi connectivity index (χ4v) is 1.23. The zero-order valence-electron chi connectivity index (χ0n) is 6.87. The van der Waals surface area contributed by atoms with Crippen LogP contribution < -0.4 is 16.8 Å². The number of amides is 3. The van der Waals surface area contributed by atoms with E-state index in [4.69, 9.17) is 11.5 Å². The monoisotopic (exact) mass is 191 g/mol. The van der Waals surface area contributed by atoms with Crippen molar-refractivity contribution in [3.05, 3.63) is 0 Å². The van der Waals surface area contributed by atoms with Crippen LogP contribution in [0.2, 0.25) is 0 Å². The van der Waals surface area contributed by atoms with Crippen LogP contribution in [-0.2, 0) is 4.79 Å². The third-order valence-corrected chi connectivity index (χ3v) is 2.34. The summed E-state index contributed by atoms with van der Waals surface area (Å²) in [6, 6.07) is -0.553. The summed E-state index contributed by atoms with van der Waals surface area (Å²) < 4.78 is 0. The number of carbonyl (C=O) groups excluding carboxylic acids is 2. The summed E-state index contributed by atoms with van der Waals surface area (Å²) in [5, 5.41) is 2.18. The molecule has 0 aromatic heterocycles. The van der Waals surface area contributed by atoms with Crippen molar-refractivity contribution < 1.29 is 9.59 Å². The number of nitrogens with one attached hydrogen (secondary N) is 1. The van der Waals surface area contributed by atoms with E-state index in [1.807, 2.05) is 0 Å². The van der Waals surface area contributed by atoms with E-state index in [9.17, 15) is 9.59 Å². The van der Waals surface area contributed by atoms with Crippen LogP contribution in [0.4, 0.5) is 4.79 Å². The molecule has 3 amide bonds. The first kappa shape index (κ1) is 11.1. The van der Waals surface area contributed by atoms with Crippen molar-refractivity contribution in [1.29, 1.82) is 0 Å². The van der Waals surface area contributed by atoms with Crippen molar-refractivity contribution in [2.75, 3.05) is 12.3 Å². The zero-order valence-corrected chi connectivity index (χ0v) is 7.69. The lowest BCUT2D eigenvalue weighted by atomic mass is 10.5. The van der Waals surface area contributed by atoms with Crippen LogP contribution in [-0.4, -0.2) is 29.5 Å². The molecule has 0 aliphatic heterocycles. The fraction of sp³-hybridized carbons (Fsp3) is 0.667. The highest BCUT2D eigenvalue weighted by molar-refractivity contribution is 8.00. The van der Waals surface area contributed by atoms with Crippen LogP contribution in [0.3, 0.4) is 0 Å². The standard InChI is InChI=1S/C6H13N3O2S/c1-4(5(7)10)12-3-2-9-6(8)11/h4H,2-3H2,1H3,(H2,7,10)(H3,8,9,11)/t4-/m1/s1. The van der Waals surface area contributed by atoms with Gasteiger partial charge in [-0.2, -0.15) is 0 Å². The summed E-state index contributed by atoms with van der Waals surface area (Å²) in [5.41, 5.74) is 9.82. The molecule has 0 bridgehead atoms. The van der Waals surface area contributed by atoms with Gasteiger partial charge in [0.2, 0.25) is 5.91 Å². The molecular formula is C6H13N3O2S. The van der Waals surface area contributed by atoms with Gasteiger partial charge in [-0.15, -0.1) is 11.8 Å². The van der Waals surface area contributed by atoms with Gasteiger partial charge in [0.25, 0.3) is 0 Å². The van der Waals surface area contributed by atoms with Gasteiger partial charge in [-0.25, -0.2) is 4.79 Å². The summed E-state index contributed by atoms with van der Waals surface area (Å²) in [7, 11) is 0. The van der Waals surface area contributed by atoms with E-state index in [-0.39, 0.29) is 11.2 Å². The summed E-state index contributed by atoms with van der Waals surface area (Å²) in [4.78, 5) is 20.7. The van der Waals surface area contributed by atoms with Crippen molar-refractivity contribution in [2.24, 2.45) is 11.5 Å². The van der Waals surface area contributed by atoms with Crippen molar-refractivity contribution in [1.82, 2.24) is 5.32 Å². The number of rotatable bonds is 5. The molecule has 5 N–H and O–H groups in total. The Labute approximate surface area is 75.2 Å². The molecule has 0 aliphatic carbocycles. The summed E-state index contributed by atoms with van der Waals surface area (Å²) >= 11 is 1.38. The number of hydrogen-bond donors (Lipinski definition) is 3. The fourth-order valence-electron chi connectivity index (χ4n) is 0.492. The zero-order chi connectivity index (χ0) is 9.56. The highest BCUT2D eigenvalue weighted by atomic mass is 32.2. The average molecular weight is 191 g/mol. The number of urea groups is 1. The molecule has 0 spiro atoms. The molecule has 0 saturated carbocycles. The molecule has 1 atom stereocenters. The first-order valence-electron chi connectivity index (χ1n) is 3.48. The second-order valence-electron chi connectivity index (χ2n) is 2.21. The number of primary amides is 2. The number of nitrogens with two attached hydrogens (primary N) is 2. The predicted molar refractivity (Wildman–Crippen MR) is 48.7 cm³/mol. The topological polar surface area (TPSA) is 98.2 Å². The molecule has 70 valence electrons. The van der Waals surface area contributed by atoms with Gasteiger partial charge in [0, 0.05) is 12.3 Å². The number of thioether (sulfide) groups is 1. The first-order chi connectivity index (χ1) is 5.54. The molecule has 6 heteroatoms. The highest BCUT2D eigenvalue weighted by Gasteiger charge is 2.07. The van der Waals surface area contributed by atoms with Gasteiger partial charge in [-0.3, -0.25) is 4.79 Å². The predicted octanol–water partition coefficient (Wildman–Crippen LogP) is -0.738. The van der Waals surface area contributed by atoms with Crippen LogP contribution in [0.5, 0.6) is 0 Å². The van der Waals surface area contributed by atoms with Crippen molar-refractivity contribution >= 4 is 23.7 Å². The minimum Gasteiger partial charge on any atom is -0.369 e. The van der Waals surface area contributed by atoms with Gasteiger partial charge in [0.05, 0.1) is 5.25 Å². The minimum atomic E-state index is -0.553. The third kappa shape index (κ3) is 5.84. The van der Waals surface area contributed by atoms with Crippen LogP contribution >= 0.6 is 11.8 Å². The van der Waals surface area contributed by atoms with Gasteiger partial charge < -0.3 is 16.8 Å². The first-order valence-corrected chi connectivity index (χ1v) is 4.53. The van der Waals surface area contributed by atoms with Crippen molar-refractivity contribution in [2.45, 2.75) is 12.2 Å². The van der Waals surface area contributed by atoms with Crippen LogP contribution in [0.15, 0.2) is 0 Å². The summed E-state index contributed by atoms with van der Waals surface area (Å²) in [6.45, 7) is 2.18. The highest BCUT2D eigenvalue weighted by Crippen LogP contribution is 2.07. The maximum atomic E-state index is 10.5. The largest absolute Gasteiger partial charge is 0.369 e. The van der Waals surface area contributed by atoms with Gasteiger partial charge in [-0.1, -0.05) is 0 Å². The molecule has 0 unspecified atom stereocenters. The van der Waals surface area contributed by atoms with Gasteiger partial charge >= 0.3 is 6.03 Å². The number of carbonyl (C=O) groups is 2. The van der Waals surface area contributed by atoms with Gasteiger partial charge in [-0.05, 0) is 6.92 Å². The Balaban J connectivity index is 3.31. The van der Waals surface area contributed by atoms with Crippen molar-refractivity contribution in [3.8, 4) is 0 Å². The molecule has 0 rings (SSSR count). The Kier molecular flexibility index (Phi) is 5.27. The van der Waals surface area contributed by atoms with E-state index in [1.165, 1.54) is 11.8 Å². The van der Waals surface area contributed by atoms with Crippen molar-refractivity contribution in [3.63, 3.8) is 0 Å². The Morgan fingerprint density at radius 3 is 2.50 bits per heavy atom. The molecule has 12 heavy (non-hydrogen) atoms. The SMILES string of the molecule is C[C@@H](SCCNC(N)=O)C(N)=O. The van der Waals surface area contributed by atoms with E-state index in [2.05, 4.69) is 5.32 Å². The molecule has 0 aromatic carbocycles. The second kappa shape index (κ2) is 5.70. The lowest BCUT2D eigenvalue weighted by Gasteiger charge is -2.06. The average Bonchev–Trinajstić information content (AvgIpc) is 1.97. The quantitative estimate of drug-likeness (QED) is 0.499. The Morgan fingerprint density at radius 2 is 2.08 bits per heavy atom. The normalized spacial score (nSPS) is 12.1. The molecule has 0 radical (unpaired) electrons. The van der Waals surface area contributed by atoms with E-state index < -0.39 is 6.03 Å². The molecule has 5 nitrogen and oxygen atoms in total. The third-order valence-electron chi connectivity index (χ3n) is 1.17. The Hall–Kier alpha value is -0.910. The van der Waals surface area contributed by atoms with E-state index in [0.29, 0.717) is 12.3 Å². The van der Waals surface area contributed by atoms with E-state index >= 15 is 0 Å².